The Bertz CT molecular complexity index is 1050. The van der Waals surface area contributed by atoms with Gasteiger partial charge in [-0.15, -0.1) is 0 Å². The quantitative estimate of drug-likeness (QED) is 0.685. The number of fused-ring (bicyclic) bond motifs is 1. The van der Waals surface area contributed by atoms with Gasteiger partial charge in [0.05, 0.1) is 5.52 Å². The summed E-state index contributed by atoms with van der Waals surface area (Å²) in [4.78, 5) is 26.4. The summed E-state index contributed by atoms with van der Waals surface area (Å²) in [6.45, 7) is 3.51. The van der Waals surface area contributed by atoms with Gasteiger partial charge >= 0.3 is 0 Å². The average Bonchev–Trinajstić information content (AvgIpc) is 3.51. The number of nitrogens with zero attached hydrogens (tertiary/aromatic N) is 6. The van der Waals surface area contributed by atoms with Crippen molar-refractivity contribution in [2.24, 2.45) is 7.05 Å². The van der Waals surface area contributed by atoms with Crippen LogP contribution in [0.1, 0.15) is 41.9 Å². The van der Waals surface area contributed by atoms with Crippen LogP contribution >= 0.6 is 0 Å². The molecular formula is C22H26N6O. The van der Waals surface area contributed by atoms with Crippen LogP contribution in [-0.4, -0.2) is 55.7 Å². The molecule has 1 saturated carbocycles. The second kappa shape index (κ2) is 7.13. The number of hydrogen-bond donors (Lipinski definition) is 0. The number of aryl methyl sites for hydroxylation is 2. The van der Waals surface area contributed by atoms with E-state index in [1.165, 1.54) is 12.8 Å². The van der Waals surface area contributed by atoms with Crippen molar-refractivity contribution in [3.05, 3.63) is 48.0 Å². The summed E-state index contributed by atoms with van der Waals surface area (Å²) in [6.07, 6.45) is 6.02. The molecule has 0 radical (unpaired) electrons. The van der Waals surface area contributed by atoms with Gasteiger partial charge in [-0.25, -0.2) is 9.97 Å². The zero-order valence-electron chi connectivity index (χ0n) is 17.0. The predicted molar refractivity (Wildman–Crippen MR) is 112 cm³/mol. The molecule has 2 aliphatic rings. The van der Waals surface area contributed by atoms with Crippen molar-refractivity contribution in [1.29, 1.82) is 0 Å². The van der Waals surface area contributed by atoms with Crippen LogP contribution in [0.3, 0.4) is 0 Å². The van der Waals surface area contributed by atoms with Gasteiger partial charge in [0.1, 0.15) is 12.1 Å². The van der Waals surface area contributed by atoms with Crippen LogP contribution in [0.4, 0.5) is 5.82 Å². The minimum absolute atomic E-state index is 0.0381. The van der Waals surface area contributed by atoms with Crippen LogP contribution < -0.4 is 4.90 Å². The largest absolute Gasteiger partial charge is 0.350 e. The highest BCUT2D eigenvalue weighted by molar-refractivity contribution is 6.04. The standard InChI is InChI=1S/C22H26N6O/c1-15-13-20(24-14-23-15)28(16-7-8-16)17-9-11-27(12-10-17)22(29)21-18-5-3-4-6-19(18)26(2)25-21/h3-6,13-14,16-17H,7-12H2,1-2H3. The highest BCUT2D eigenvalue weighted by atomic mass is 16.2. The molecule has 1 aliphatic heterocycles. The SMILES string of the molecule is Cc1cc(N(C2CC2)C2CCN(C(=O)c3nn(C)c4ccccc34)CC2)ncn1. The number of hydrogen-bond acceptors (Lipinski definition) is 5. The van der Waals surface area contributed by atoms with Crippen molar-refractivity contribution < 1.29 is 4.79 Å². The van der Waals surface area contributed by atoms with E-state index in [4.69, 9.17) is 0 Å². The monoisotopic (exact) mass is 390 g/mol. The van der Waals surface area contributed by atoms with E-state index in [9.17, 15) is 4.79 Å². The maximum atomic E-state index is 13.2. The fourth-order valence-electron chi connectivity index (χ4n) is 4.48. The van der Waals surface area contributed by atoms with Crippen molar-refractivity contribution in [3.8, 4) is 0 Å². The third kappa shape index (κ3) is 3.34. The summed E-state index contributed by atoms with van der Waals surface area (Å²) in [7, 11) is 1.89. The van der Waals surface area contributed by atoms with E-state index < -0.39 is 0 Å². The summed E-state index contributed by atoms with van der Waals surface area (Å²) < 4.78 is 1.79. The maximum Gasteiger partial charge on any atom is 0.275 e. The molecule has 2 fully saturated rings. The summed E-state index contributed by atoms with van der Waals surface area (Å²) in [5.41, 5.74) is 2.55. The molecule has 7 heteroatoms. The Labute approximate surface area is 170 Å². The van der Waals surface area contributed by atoms with Crippen LogP contribution in [0, 0.1) is 6.92 Å². The molecule has 0 spiro atoms. The topological polar surface area (TPSA) is 67.2 Å². The number of aromatic nitrogens is 4. The van der Waals surface area contributed by atoms with E-state index in [2.05, 4.69) is 26.0 Å². The Morgan fingerprint density at radius 1 is 1.07 bits per heavy atom. The van der Waals surface area contributed by atoms with Crippen molar-refractivity contribution in [2.75, 3.05) is 18.0 Å². The lowest BCUT2D eigenvalue weighted by Gasteiger charge is -2.39. The molecule has 5 rings (SSSR count). The van der Waals surface area contributed by atoms with Gasteiger partial charge in [0.25, 0.3) is 5.91 Å². The van der Waals surface area contributed by atoms with Crippen LogP contribution in [0.2, 0.25) is 0 Å². The first-order chi connectivity index (χ1) is 14.1. The number of benzene rings is 1. The molecule has 3 heterocycles. The number of carbonyl (C=O) groups excluding carboxylic acids is 1. The van der Waals surface area contributed by atoms with Gasteiger partial charge in [0, 0.05) is 49.4 Å². The van der Waals surface area contributed by atoms with Gasteiger partial charge < -0.3 is 9.80 Å². The number of amides is 1. The second-order valence-corrected chi connectivity index (χ2v) is 8.17. The Morgan fingerprint density at radius 3 is 2.52 bits per heavy atom. The Balaban J connectivity index is 1.32. The number of rotatable bonds is 4. The molecule has 1 saturated heterocycles. The zero-order valence-corrected chi connectivity index (χ0v) is 17.0. The first-order valence-electron chi connectivity index (χ1n) is 10.4. The molecule has 150 valence electrons. The van der Waals surface area contributed by atoms with Gasteiger partial charge in [-0.05, 0) is 38.7 Å². The van der Waals surface area contributed by atoms with E-state index in [1.54, 1.807) is 11.0 Å². The van der Waals surface area contributed by atoms with Gasteiger partial charge in [0.2, 0.25) is 0 Å². The highest BCUT2D eigenvalue weighted by Crippen LogP contribution is 2.35. The minimum atomic E-state index is 0.0381. The smallest absolute Gasteiger partial charge is 0.275 e. The summed E-state index contributed by atoms with van der Waals surface area (Å²) in [5, 5.41) is 5.44. The molecule has 1 aromatic carbocycles. The fourth-order valence-corrected chi connectivity index (χ4v) is 4.48. The van der Waals surface area contributed by atoms with Crippen LogP contribution in [0.15, 0.2) is 36.7 Å². The van der Waals surface area contributed by atoms with Crippen molar-refractivity contribution >= 4 is 22.6 Å². The lowest BCUT2D eigenvalue weighted by molar-refractivity contribution is 0.0707. The van der Waals surface area contributed by atoms with E-state index >= 15 is 0 Å². The van der Waals surface area contributed by atoms with Gasteiger partial charge in [-0.3, -0.25) is 9.48 Å². The summed E-state index contributed by atoms with van der Waals surface area (Å²) in [6, 6.07) is 11.0. The van der Waals surface area contributed by atoms with Crippen molar-refractivity contribution in [1.82, 2.24) is 24.6 Å². The zero-order chi connectivity index (χ0) is 20.0. The maximum absolute atomic E-state index is 13.2. The first-order valence-corrected chi connectivity index (χ1v) is 10.4. The average molecular weight is 390 g/mol. The molecule has 7 nitrogen and oxygen atoms in total. The Hall–Kier alpha value is -2.96. The summed E-state index contributed by atoms with van der Waals surface area (Å²) >= 11 is 0. The van der Waals surface area contributed by atoms with Gasteiger partial charge in [-0.2, -0.15) is 5.10 Å². The number of para-hydroxylation sites is 1. The molecular weight excluding hydrogens is 364 g/mol. The normalized spacial score (nSPS) is 17.7. The molecule has 29 heavy (non-hydrogen) atoms. The molecule has 0 atom stereocenters. The highest BCUT2D eigenvalue weighted by Gasteiger charge is 2.37. The Morgan fingerprint density at radius 2 is 1.79 bits per heavy atom. The van der Waals surface area contributed by atoms with Crippen LogP contribution in [0.25, 0.3) is 10.9 Å². The van der Waals surface area contributed by atoms with E-state index in [-0.39, 0.29) is 5.91 Å². The number of likely N-dealkylation sites (tertiary alicyclic amines) is 1. The number of carbonyl (C=O) groups is 1. The second-order valence-electron chi connectivity index (χ2n) is 8.17. The molecule has 0 N–H and O–H groups in total. The fraction of sp³-hybridized carbons (Fsp3) is 0.455. The van der Waals surface area contributed by atoms with Crippen molar-refractivity contribution in [2.45, 2.75) is 44.7 Å². The molecule has 1 amide bonds. The number of piperidine rings is 1. The first kappa shape index (κ1) is 18.1. The van der Waals surface area contributed by atoms with Crippen LogP contribution in [0.5, 0.6) is 0 Å². The molecule has 0 bridgehead atoms. The Kier molecular flexibility index (Phi) is 4.45. The molecule has 0 unspecified atom stereocenters. The van der Waals surface area contributed by atoms with Crippen molar-refractivity contribution in [3.63, 3.8) is 0 Å². The lowest BCUT2D eigenvalue weighted by atomic mass is 10.0. The molecule has 1 aliphatic carbocycles. The molecule has 2 aromatic heterocycles. The van der Waals surface area contributed by atoms with Crippen LogP contribution in [-0.2, 0) is 7.05 Å². The minimum Gasteiger partial charge on any atom is -0.350 e. The number of anilines is 1. The third-order valence-electron chi connectivity index (χ3n) is 6.10. The van der Waals surface area contributed by atoms with E-state index in [0.717, 1.165) is 48.3 Å². The van der Waals surface area contributed by atoms with Gasteiger partial charge in [0.15, 0.2) is 5.69 Å². The van der Waals surface area contributed by atoms with Gasteiger partial charge in [-0.1, -0.05) is 18.2 Å². The lowest BCUT2D eigenvalue weighted by Crippen LogP contribution is -2.48. The van der Waals surface area contributed by atoms with E-state index in [0.29, 0.717) is 17.8 Å². The summed E-state index contributed by atoms with van der Waals surface area (Å²) in [5.74, 6) is 1.07. The van der Waals surface area contributed by atoms with E-state index in [1.807, 2.05) is 43.1 Å². The third-order valence-corrected chi connectivity index (χ3v) is 6.10. The molecule has 3 aromatic rings. The predicted octanol–water partition coefficient (Wildman–Crippen LogP) is 2.95.